The lowest BCUT2D eigenvalue weighted by atomic mass is 10.2. The smallest absolute Gasteiger partial charge is 0.410 e. The number of nitrogens with two attached hydrogens (primary N) is 2. The standard InChI is InChI=1S/C12H25N5O4S.HI/c1-12(2,3)21-11(18)17-7-5-16(6-8-17)10(13)15-4-9-22(14,19)20;/h4-9H2,1-3H3,(H2,13,15)(H2,14,19,20);1H. The van der Waals surface area contributed by atoms with Crippen molar-refractivity contribution in [2.45, 2.75) is 26.4 Å². The van der Waals surface area contributed by atoms with Crippen molar-refractivity contribution in [2.75, 3.05) is 38.5 Å². The molecule has 4 N–H and O–H groups in total. The first-order valence-corrected chi connectivity index (χ1v) is 8.73. The van der Waals surface area contributed by atoms with Crippen LogP contribution >= 0.6 is 24.0 Å². The van der Waals surface area contributed by atoms with Crippen molar-refractivity contribution in [1.82, 2.24) is 9.80 Å². The molecule has 1 heterocycles. The van der Waals surface area contributed by atoms with E-state index in [1.807, 2.05) is 20.8 Å². The van der Waals surface area contributed by atoms with Gasteiger partial charge >= 0.3 is 6.09 Å². The highest BCUT2D eigenvalue weighted by molar-refractivity contribution is 14.0. The van der Waals surface area contributed by atoms with Crippen molar-refractivity contribution in [3.05, 3.63) is 0 Å². The highest BCUT2D eigenvalue weighted by Crippen LogP contribution is 2.11. The van der Waals surface area contributed by atoms with Crippen LogP contribution in [0.4, 0.5) is 4.79 Å². The maximum atomic E-state index is 11.9. The number of halogens is 1. The number of sulfonamides is 1. The third-order valence-corrected chi connectivity index (χ3v) is 3.66. The van der Waals surface area contributed by atoms with E-state index in [4.69, 9.17) is 15.6 Å². The molecule has 9 nitrogen and oxygen atoms in total. The Labute approximate surface area is 154 Å². The Morgan fingerprint density at radius 1 is 1.17 bits per heavy atom. The summed E-state index contributed by atoms with van der Waals surface area (Å²) in [6.07, 6.45) is -0.350. The van der Waals surface area contributed by atoms with Crippen molar-refractivity contribution < 1.29 is 17.9 Å². The van der Waals surface area contributed by atoms with Gasteiger partial charge in [0.1, 0.15) is 5.60 Å². The van der Waals surface area contributed by atoms with Gasteiger partial charge in [0.05, 0.1) is 12.3 Å². The van der Waals surface area contributed by atoms with Crippen LogP contribution < -0.4 is 10.9 Å². The van der Waals surface area contributed by atoms with Gasteiger partial charge in [0, 0.05) is 26.2 Å². The number of hydrogen-bond acceptors (Lipinski definition) is 5. The molecule has 0 aromatic rings. The number of amides is 1. The van der Waals surface area contributed by atoms with Gasteiger partial charge in [0.15, 0.2) is 5.96 Å². The molecule has 136 valence electrons. The van der Waals surface area contributed by atoms with Crippen LogP contribution in [0.5, 0.6) is 0 Å². The molecule has 0 spiro atoms. The van der Waals surface area contributed by atoms with Crippen LogP contribution in [0.3, 0.4) is 0 Å². The first kappa shape index (κ1) is 22.2. The molecule has 1 rings (SSSR count). The molecule has 0 aromatic carbocycles. The topological polar surface area (TPSA) is 131 Å². The second kappa shape index (κ2) is 8.87. The zero-order valence-corrected chi connectivity index (χ0v) is 16.8. The zero-order chi connectivity index (χ0) is 17.0. The number of guanidine groups is 1. The van der Waals surface area contributed by atoms with Crippen LogP contribution in [-0.2, 0) is 14.8 Å². The normalized spacial score (nSPS) is 16.8. The molecule has 0 unspecified atom stereocenters. The van der Waals surface area contributed by atoms with Crippen molar-refractivity contribution >= 4 is 46.1 Å². The monoisotopic (exact) mass is 463 g/mol. The minimum absolute atomic E-state index is 0. The van der Waals surface area contributed by atoms with Crippen molar-refractivity contribution in [3.8, 4) is 0 Å². The highest BCUT2D eigenvalue weighted by Gasteiger charge is 2.26. The molecule has 23 heavy (non-hydrogen) atoms. The number of piperazine rings is 1. The number of ether oxygens (including phenoxy) is 1. The highest BCUT2D eigenvalue weighted by atomic mass is 127. The number of carbonyl (C=O) groups is 1. The average Bonchev–Trinajstić information content (AvgIpc) is 2.35. The predicted molar refractivity (Wildman–Crippen MR) is 99.3 cm³/mol. The summed E-state index contributed by atoms with van der Waals surface area (Å²) >= 11 is 0. The third kappa shape index (κ3) is 9.15. The van der Waals surface area contributed by atoms with E-state index in [0.717, 1.165) is 0 Å². The van der Waals surface area contributed by atoms with Gasteiger partial charge in [0.2, 0.25) is 10.0 Å². The minimum atomic E-state index is -3.54. The molecule has 0 saturated carbocycles. The van der Waals surface area contributed by atoms with Crippen molar-refractivity contribution in [1.29, 1.82) is 0 Å². The molecular formula is C12H26IN5O4S. The average molecular weight is 463 g/mol. The minimum Gasteiger partial charge on any atom is -0.444 e. The third-order valence-electron chi connectivity index (χ3n) is 2.90. The molecule has 0 atom stereocenters. The van der Waals surface area contributed by atoms with Gasteiger partial charge in [-0.15, -0.1) is 24.0 Å². The van der Waals surface area contributed by atoms with E-state index in [-0.39, 0.29) is 48.3 Å². The Bertz CT molecular complexity index is 524. The fourth-order valence-corrected chi connectivity index (χ4v) is 2.18. The molecule has 1 aliphatic heterocycles. The second-order valence-corrected chi connectivity index (χ2v) is 7.80. The van der Waals surface area contributed by atoms with Crippen LogP contribution in [0.25, 0.3) is 0 Å². The van der Waals surface area contributed by atoms with Crippen molar-refractivity contribution in [3.63, 3.8) is 0 Å². The predicted octanol–water partition coefficient (Wildman–Crippen LogP) is -0.240. The van der Waals surface area contributed by atoms with Crippen LogP contribution in [0, 0.1) is 0 Å². The summed E-state index contributed by atoms with van der Waals surface area (Å²) in [5.74, 6) is 0.0125. The molecule has 1 aliphatic rings. The van der Waals surface area contributed by atoms with Gasteiger partial charge in [-0.05, 0) is 20.8 Å². The van der Waals surface area contributed by atoms with E-state index >= 15 is 0 Å². The van der Waals surface area contributed by atoms with Gasteiger partial charge in [-0.1, -0.05) is 0 Å². The Morgan fingerprint density at radius 3 is 2.09 bits per heavy atom. The number of nitrogens with zero attached hydrogens (tertiary/aromatic N) is 3. The molecule has 0 aromatic heterocycles. The quantitative estimate of drug-likeness (QED) is 0.338. The number of carbonyl (C=O) groups excluding carboxylic acids is 1. The SMILES string of the molecule is CC(C)(C)OC(=O)N1CCN(C(N)=NCCS(N)(=O)=O)CC1.I. The summed E-state index contributed by atoms with van der Waals surface area (Å²) in [5.41, 5.74) is 5.28. The van der Waals surface area contributed by atoms with Crippen LogP contribution in [0.1, 0.15) is 20.8 Å². The first-order chi connectivity index (χ1) is 9.98. The van der Waals surface area contributed by atoms with E-state index in [1.54, 1.807) is 9.80 Å². The molecular weight excluding hydrogens is 437 g/mol. The fourth-order valence-electron chi connectivity index (χ4n) is 1.83. The maximum Gasteiger partial charge on any atom is 0.410 e. The lowest BCUT2D eigenvalue weighted by molar-refractivity contribution is 0.0186. The molecule has 1 saturated heterocycles. The fraction of sp³-hybridized carbons (Fsp3) is 0.833. The molecule has 1 fully saturated rings. The van der Waals surface area contributed by atoms with E-state index in [9.17, 15) is 13.2 Å². The number of hydrogen-bond donors (Lipinski definition) is 2. The molecule has 0 radical (unpaired) electrons. The molecule has 11 heteroatoms. The summed E-state index contributed by atoms with van der Waals surface area (Å²) < 4.78 is 26.9. The van der Waals surface area contributed by atoms with E-state index in [1.165, 1.54) is 0 Å². The molecule has 0 bridgehead atoms. The Hall–Kier alpha value is -0.820. The van der Waals surface area contributed by atoms with Gasteiger partial charge in [-0.3, -0.25) is 4.99 Å². The summed E-state index contributed by atoms with van der Waals surface area (Å²) in [5, 5.41) is 4.89. The first-order valence-electron chi connectivity index (χ1n) is 7.01. The Morgan fingerprint density at radius 2 is 1.65 bits per heavy atom. The van der Waals surface area contributed by atoms with Crippen LogP contribution in [0.2, 0.25) is 0 Å². The van der Waals surface area contributed by atoms with Crippen LogP contribution in [-0.4, -0.2) is 74.3 Å². The van der Waals surface area contributed by atoms with Gasteiger partial charge in [-0.25, -0.2) is 18.4 Å². The van der Waals surface area contributed by atoms with Crippen molar-refractivity contribution in [2.24, 2.45) is 15.9 Å². The molecule has 0 aliphatic carbocycles. The van der Waals surface area contributed by atoms with Gasteiger partial charge in [-0.2, -0.15) is 0 Å². The van der Waals surface area contributed by atoms with E-state index in [0.29, 0.717) is 26.2 Å². The number of rotatable bonds is 3. The number of primary sulfonamides is 1. The summed E-state index contributed by atoms with van der Waals surface area (Å²) in [6.45, 7) is 7.46. The summed E-state index contributed by atoms with van der Waals surface area (Å²) in [7, 11) is -3.54. The Balaban J connectivity index is 0.00000484. The second-order valence-electron chi connectivity index (χ2n) is 6.06. The number of aliphatic imine (C=N–C) groups is 1. The lowest BCUT2D eigenvalue weighted by Crippen LogP contribution is -2.53. The largest absolute Gasteiger partial charge is 0.444 e. The summed E-state index contributed by atoms with van der Waals surface area (Å²) in [6, 6.07) is 0. The molecule has 1 amide bonds. The van der Waals surface area contributed by atoms with E-state index in [2.05, 4.69) is 4.99 Å². The zero-order valence-electron chi connectivity index (χ0n) is 13.7. The Kier molecular flexibility index (Phi) is 8.56. The maximum absolute atomic E-state index is 11.9. The summed E-state index contributed by atoms with van der Waals surface area (Å²) in [4.78, 5) is 19.3. The van der Waals surface area contributed by atoms with Gasteiger partial charge < -0.3 is 20.3 Å². The van der Waals surface area contributed by atoms with E-state index < -0.39 is 15.6 Å². The van der Waals surface area contributed by atoms with Gasteiger partial charge in [0.25, 0.3) is 0 Å². The lowest BCUT2D eigenvalue weighted by Gasteiger charge is -2.36. The van der Waals surface area contributed by atoms with Crippen LogP contribution in [0.15, 0.2) is 4.99 Å².